The van der Waals surface area contributed by atoms with E-state index in [0.717, 1.165) is 11.3 Å². The van der Waals surface area contributed by atoms with Gasteiger partial charge in [0.15, 0.2) is 0 Å². The van der Waals surface area contributed by atoms with Gasteiger partial charge in [-0.05, 0) is 63.9 Å². The summed E-state index contributed by atoms with van der Waals surface area (Å²) in [6.45, 7) is 7.84. The van der Waals surface area contributed by atoms with E-state index < -0.39 is 34.6 Å². The average Bonchev–Trinajstić information content (AvgIpc) is 3.43. The lowest BCUT2D eigenvalue weighted by molar-refractivity contribution is -0.144. The zero-order valence-electron chi connectivity index (χ0n) is 22.5. The maximum atomic E-state index is 14.1. The van der Waals surface area contributed by atoms with E-state index in [1.807, 2.05) is 82.3 Å². The molecule has 0 unspecified atom stereocenters. The number of fused-ring (bicyclic) bond motifs is 1. The third kappa shape index (κ3) is 4.36. The van der Waals surface area contributed by atoms with Gasteiger partial charge in [-0.1, -0.05) is 42.5 Å². The van der Waals surface area contributed by atoms with E-state index >= 15 is 0 Å². The lowest BCUT2D eigenvalue weighted by Gasteiger charge is -2.35. The lowest BCUT2D eigenvalue weighted by atomic mass is 9.70. The number of amides is 3. The Labute approximate surface area is 223 Å². The first-order valence-corrected chi connectivity index (χ1v) is 13.0. The molecular weight excluding hydrogens is 482 g/mol. The minimum Gasteiger partial charge on any atom is -0.497 e. The molecule has 5 atom stereocenters. The molecule has 200 valence electrons. The van der Waals surface area contributed by atoms with Crippen LogP contribution in [0.1, 0.15) is 33.3 Å². The average molecular weight is 518 g/mol. The maximum absolute atomic E-state index is 14.1. The number of carbonyl (C=O) groups excluding carboxylic acids is 3. The molecule has 8 nitrogen and oxygen atoms in total. The standard InChI is InChI=1S/C30H35N3O5/c1-28(2,3)32-26(35)24-30-17-16-29(4,38-30)22(25(34)31-20-9-7-6-8-10-20)23(30)27(36)33(24)18-15-19-11-13-21(37-5)14-12-19/h6-14,16-17,22-24H,15,18H2,1-5H3,(H,31,34)(H,32,35)/t22-,23+,24+,29-,30+/m1/s1. The van der Waals surface area contributed by atoms with Gasteiger partial charge in [-0.3, -0.25) is 14.4 Å². The number of anilines is 1. The van der Waals surface area contributed by atoms with E-state index in [0.29, 0.717) is 18.7 Å². The zero-order chi connectivity index (χ0) is 27.3. The molecule has 0 aliphatic carbocycles. The monoisotopic (exact) mass is 517 g/mol. The third-order valence-electron chi connectivity index (χ3n) is 7.67. The van der Waals surface area contributed by atoms with Crippen LogP contribution in [0.2, 0.25) is 0 Å². The Balaban J connectivity index is 1.48. The van der Waals surface area contributed by atoms with Crippen molar-refractivity contribution in [2.24, 2.45) is 11.8 Å². The molecule has 2 N–H and O–H groups in total. The number of hydrogen-bond acceptors (Lipinski definition) is 5. The van der Waals surface area contributed by atoms with Crippen LogP contribution in [0, 0.1) is 11.8 Å². The number of hydrogen-bond donors (Lipinski definition) is 2. The minimum absolute atomic E-state index is 0.242. The van der Waals surface area contributed by atoms with Crippen molar-refractivity contribution in [1.29, 1.82) is 0 Å². The summed E-state index contributed by atoms with van der Waals surface area (Å²) < 4.78 is 11.8. The maximum Gasteiger partial charge on any atom is 0.246 e. The van der Waals surface area contributed by atoms with Gasteiger partial charge in [-0.15, -0.1) is 0 Å². The summed E-state index contributed by atoms with van der Waals surface area (Å²) in [5.41, 5.74) is -1.08. The van der Waals surface area contributed by atoms with Crippen molar-refractivity contribution in [3.8, 4) is 5.75 Å². The van der Waals surface area contributed by atoms with Crippen LogP contribution in [0.4, 0.5) is 5.69 Å². The molecule has 3 heterocycles. The van der Waals surface area contributed by atoms with Crippen molar-refractivity contribution in [2.75, 3.05) is 19.0 Å². The van der Waals surface area contributed by atoms with E-state index in [2.05, 4.69) is 10.6 Å². The van der Waals surface area contributed by atoms with Gasteiger partial charge < -0.3 is 25.0 Å². The third-order valence-corrected chi connectivity index (χ3v) is 7.67. The Hall–Kier alpha value is -3.65. The van der Waals surface area contributed by atoms with Crippen LogP contribution in [0.25, 0.3) is 0 Å². The normalized spacial score (nSPS) is 29.3. The van der Waals surface area contributed by atoms with Gasteiger partial charge in [0.2, 0.25) is 17.7 Å². The predicted molar refractivity (Wildman–Crippen MR) is 144 cm³/mol. The van der Waals surface area contributed by atoms with Crippen LogP contribution in [0.5, 0.6) is 5.75 Å². The smallest absolute Gasteiger partial charge is 0.246 e. The zero-order valence-corrected chi connectivity index (χ0v) is 22.5. The molecule has 2 aromatic rings. The fourth-order valence-electron chi connectivity index (χ4n) is 6.09. The van der Waals surface area contributed by atoms with Crippen molar-refractivity contribution in [3.63, 3.8) is 0 Å². The van der Waals surface area contributed by atoms with Crippen molar-refractivity contribution >= 4 is 23.4 Å². The number of nitrogens with one attached hydrogen (secondary N) is 2. The van der Waals surface area contributed by atoms with E-state index in [4.69, 9.17) is 9.47 Å². The Morgan fingerprint density at radius 1 is 1.03 bits per heavy atom. The molecule has 3 amide bonds. The fourth-order valence-corrected chi connectivity index (χ4v) is 6.09. The van der Waals surface area contributed by atoms with Gasteiger partial charge in [0.1, 0.15) is 17.4 Å². The van der Waals surface area contributed by atoms with Gasteiger partial charge in [-0.25, -0.2) is 0 Å². The summed E-state index contributed by atoms with van der Waals surface area (Å²) in [6, 6.07) is 15.9. The van der Waals surface area contributed by atoms with Crippen LogP contribution in [-0.2, 0) is 25.5 Å². The molecule has 3 aliphatic rings. The Kier molecular flexibility index (Phi) is 6.34. The topological polar surface area (TPSA) is 97.0 Å². The van der Waals surface area contributed by atoms with E-state index in [1.165, 1.54) is 0 Å². The molecule has 2 aromatic carbocycles. The quantitative estimate of drug-likeness (QED) is 0.550. The molecule has 5 rings (SSSR count). The molecule has 8 heteroatoms. The van der Waals surface area contributed by atoms with Crippen LogP contribution in [0.15, 0.2) is 66.7 Å². The molecule has 2 saturated heterocycles. The van der Waals surface area contributed by atoms with Crippen molar-refractivity contribution in [2.45, 2.75) is 56.9 Å². The number of para-hydroxylation sites is 1. The SMILES string of the molecule is COc1ccc(CCN2C(=O)[C@@H]3[C@H](C(=O)Nc4ccccc4)[C@@]4(C)C=C[C@@]3(O4)[C@@H]2C(=O)NC(C)(C)C)cc1. The predicted octanol–water partition coefficient (Wildman–Crippen LogP) is 3.33. The van der Waals surface area contributed by atoms with E-state index in [1.54, 1.807) is 24.1 Å². The number of nitrogens with zero attached hydrogens (tertiary/aromatic N) is 1. The molecule has 2 fully saturated rings. The van der Waals surface area contributed by atoms with Crippen LogP contribution in [0.3, 0.4) is 0 Å². The fraction of sp³-hybridized carbons (Fsp3) is 0.433. The van der Waals surface area contributed by atoms with Gasteiger partial charge >= 0.3 is 0 Å². The molecule has 2 bridgehead atoms. The molecule has 0 radical (unpaired) electrons. The van der Waals surface area contributed by atoms with Crippen molar-refractivity contribution in [1.82, 2.24) is 10.2 Å². The number of ether oxygens (including phenoxy) is 2. The number of rotatable bonds is 7. The van der Waals surface area contributed by atoms with E-state index in [9.17, 15) is 14.4 Å². The second-order valence-electron chi connectivity index (χ2n) is 11.6. The van der Waals surface area contributed by atoms with Crippen molar-refractivity contribution < 1.29 is 23.9 Å². The van der Waals surface area contributed by atoms with Crippen molar-refractivity contribution in [3.05, 3.63) is 72.3 Å². The highest BCUT2D eigenvalue weighted by atomic mass is 16.5. The first-order chi connectivity index (χ1) is 18.0. The van der Waals surface area contributed by atoms with Gasteiger partial charge in [-0.2, -0.15) is 0 Å². The van der Waals surface area contributed by atoms with Crippen LogP contribution < -0.4 is 15.4 Å². The summed E-state index contributed by atoms with van der Waals surface area (Å²) >= 11 is 0. The molecule has 0 aromatic heterocycles. The van der Waals surface area contributed by atoms with Crippen LogP contribution in [-0.4, -0.2) is 59.1 Å². The van der Waals surface area contributed by atoms with Gasteiger partial charge in [0, 0.05) is 17.8 Å². The largest absolute Gasteiger partial charge is 0.497 e. The summed E-state index contributed by atoms with van der Waals surface area (Å²) in [7, 11) is 1.61. The highest BCUT2D eigenvalue weighted by Crippen LogP contribution is 2.59. The van der Waals surface area contributed by atoms with Crippen LogP contribution >= 0.6 is 0 Å². The summed E-state index contributed by atoms with van der Waals surface area (Å²) in [4.78, 5) is 43.1. The molecule has 0 saturated carbocycles. The molecule has 1 spiro atoms. The number of benzene rings is 2. The Bertz CT molecular complexity index is 1270. The molecule has 38 heavy (non-hydrogen) atoms. The highest BCUT2D eigenvalue weighted by Gasteiger charge is 2.76. The second-order valence-corrected chi connectivity index (χ2v) is 11.6. The molecular formula is C30H35N3O5. The Morgan fingerprint density at radius 2 is 1.71 bits per heavy atom. The second kappa shape index (κ2) is 9.27. The first-order valence-electron chi connectivity index (χ1n) is 13.0. The lowest BCUT2D eigenvalue weighted by Crippen LogP contribution is -2.58. The minimum atomic E-state index is -1.22. The van der Waals surface area contributed by atoms with E-state index in [-0.39, 0.29) is 17.7 Å². The number of methoxy groups -OCH3 is 1. The van der Waals surface area contributed by atoms with Gasteiger partial charge in [0.25, 0.3) is 0 Å². The summed E-state index contributed by atoms with van der Waals surface area (Å²) in [5.74, 6) is -1.67. The summed E-state index contributed by atoms with van der Waals surface area (Å²) in [6.07, 6.45) is 4.22. The molecule has 3 aliphatic heterocycles. The highest BCUT2D eigenvalue weighted by molar-refractivity contribution is 6.03. The number of likely N-dealkylation sites (tertiary alicyclic amines) is 1. The Morgan fingerprint density at radius 3 is 2.34 bits per heavy atom. The first kappa shape index (κ1) is 26.0. The number of carbonyl (C=O) groups is 3. The summed E-state index contributed by atoms with van der Waals surface area (Å²) in [5, 5.41) is 6.00. The van der Waals surface area contributed by atoms with Gasteiger partial charge in [0.05, 0.1) is 24.5 Å².